The monoisotopic (exact) mass is 616 g/mol. The Hall–Kier alpha value is -3.31. The maximum Gasteiger partial charge on any atom is 0.274 e. The molecule has 3 aromatic rings. The molecular formula is C31H37ClN2O7S. The highest BCUT2D eigenvalue weighted by atomic mass is 35.5. The van der Waals surface area contributed by atoms with Gasteiger partial charge in [0.05, 0.1) is 19.4 Å². The van der Waals surface area contributed by atoms with Crippen LogP contribution in [0.5, 0.6) is 28.7 Å². The summed E-state index contributed by atoms with van der Waals surface area (Å²) in [5.41, 5.74) is 1.49. The maximum absolute atomic E-state index is 13.7. The summed E-state index contributed by atoms with van der Waals surface area (Å²) in [6.07, 6.45) is 1.80. The Morgan fingerprint density at radius 1 is 0.929 bits per heavy atom. The largest absolute Gasteiger partial charge is 0.497 e. The van der Waals surface area contributed by atoms with Gasteiger partial charge in [-0.15, -0.1) is 12.4 Å². The van der Waals surface area contributed by atoms with Crippen LogP contribution in [-0.2, 0) is 14.5 Å². The number of rotatable bonds is 13. The second-order valence-electron chi connectivity index (χ2n) is 9.84. The lowest BCUT2D eigenvalue weighted by Gasteiger charge is -2.40. The number of carbonyl (C=O) groups excluding carboxylic acids is 1. The summed E-state index contributed by atoms with van der Waals surface area (Å²) in [7, 11) is 7.01. The lowest BCUT2D eigenvalue weighted by molar-refractivity contribution is -0.131. The fourth-order valence-corrected chi connectivity index (χ4v) is 6.18. The molecule has 0 aliphatic carbocycles. The van der Waals surface area contributed by atoms with E-state index < -0.39 is 4.93 Å². The van der Waals surface area contributed by atoms with Gasteiger partial charge in [0.1, 0.15) is 23.9 Å². The number of para-hydroxylation sites is 1. The number of fused-ring (bicyclic) bond motifs is 2. The van der Waals surface area contributed by atoms with Gasteiger partial charge < -0.3 is 38.2 Å². The van der Waals surface area contributed by atoms with Crippen LogP contribution in [0.2, 0.25) is 0 Å². The van der Waals surface area contributed by atoms with E-state index in [0.717, 1.165) is 53.8 Å². The van der Waals surface area contributed by atoms with Gasteiger partial charge in [-0.2, -0.15) is 0 Å². The summed E-state index contributed by atoms with van der Waals surface area (Å²) in [5.74, 6) is 3.29. The van der Waals surface area contributed by atoms with E-state index in [1.54, 1.807) is 26.2 Å². The third kappa shape index (κ3) is 6.67. The molecule has 0 aromatic heterocycles. The summed E-state index contributed by atoms with van der Waals surface area (Å²) in [5, 5.41) is 0. The van der Waals surface area contributed by atoms with Crippen molar-refractivity contribution in [1.29, 1.82) is 0 Å². The average molecular weight is 617 g/mol. The summed E-state index contributed by atoms with van der Waals surface area (Å²) in [4.78, 5) is 17.3. The fourth-order valence-electron chi connectivity index (χ4n) is 4.84. The van der Waals surface area contributed by atoms with Crippen molar-refractivity contribution in [2.24, 2.45) is 0 Å². The lowest BCUT2D eigenvalue weighted by Crippen LogP contribution is -2.47. The summed E-state index contributed by atoms with van der Waals surface area (Å²) >= 11 is 1.38. The number of carbonyl (C=O) groups is 1. The molecule has 0 spiro atoms. The minimum Gasteiger partial charge on any atom is -0.497 e. The van der Waals surface area contributed by atoms with Crippen molar-refractivity contribution in [3.63, 3.8) is 0 Å². The van der Waals surface area contributed by atoms with E-state index in [9.17, 15) is 4.79 Å². The van der Waals surface area contributed by atoms with Gasteiger partial charge in [0, 0.05) is 37.2 Å². The molecule has 42 heavy (non-hydrogen) atoms. The topological polar surface area (TPSA) is 78.9 Å². The van der Waals surface area contributed by atoms with E-state index in [1.165, 1.54) is 11.8 Å². The third-order valence-corrected chi connectivity index (χ3v) is 8.59. The van der Waals surface area contributed by atoms with Crippen LogP contribution >= 0.6 is 24.2 Å². The van der Waals surface area contributed by atoms with Gasteiger partial charge in [-0.1, -0.05) is 23.9 Å². The average Bonchev–Trinajstić information content (AvgIpc) is 3.47. The molecule has 1 unspecified atom stereocenters. The van der Waals surface area contributed by atoms with Gasteiger partial charge in [0.25, 0.3) is 5.91 Å². The fraction of sp³-hybridized carbons (Fsp3) is 0.387. The zero-order chi connectivity index (χ0) is 28.8. The smallest absolute Gasteiger partial charge is 0.274 e. The highest BCUT2D eigenvalue weighted by molar-refractivity contribution is 8.01. The second kappa shape index (κ2) is 14.2. The number of likely N-dealkylation sites (N-methyl/N-ethyl adjacent to an activating group) is 2. The molecule has 5 rings (SSSR count). The molecule has 0 fully saturated rings. The summed E-state index contributed by atoms with van der Waals surface area (Å²) in [6, 6.07) is 18.9. The molecule has 0 saturated heterocycles. The molecule has 0 saturated carbocycles. The van der Waals surface area contributed by atoms with Crippen LogP contribution in [0.25, 0.3) is 0 Å². The lowest BCUT2D eigenvalue weighted by atomic mass is 10.0. The van der Waals surface area contributed by atoms with Crippen molar-refractivity contribution in [3.8, 4) is 28.7 Å². The maximum atomic E-state index is 13.7. The van der Waals surface area contributed by atoms with Crippen molar-refractivity contribution < 1.29 is 33.2 Å². The van der Waals surface area contributed by atoms with Crippen LogP contribution < -0.4 is 28.6 Å². The Balaban J connectivity index is 0.00000405. The predicted molar refractivity (Wildman–Crippen MR) is 165 cm³/mol. The molecule has 1 amide bonds. The molecular weight excluding hydrogens is 580 g/mol. The number of ether oxygens (including phenoxy) is 6. The normalized spacial score (nSPS) is 17.1. The Kier molecular flexibility index (Phi) is 10.7. The van der Waals surface area contributed by atoms with Crippen LogP contribution in [0, 0.1) is 0 Å². The minimum atomic E-state index is -1.30. The second-order valence-corrected chi connectivity index (χ2v) is 11.1. The van der Waals surface area contributed by atoms with Gasteiger partial charge >= 0.3 is 0 Å². The van der Waals surface area contributed by atoms with E-state index in [4.69, 9.17) is 28.4 Å². The van der Waals surface area contributed by atoms with E-state index in [0.29, 0.717) is 30.3 Å². The minimum absolute atomic E-state index is 0. The molecule has 3 aromatic carbocycles. The Morgan fingerprint density at radius 3 is 2.52 bits per heavy atom. The first-order valence-electron chi connectivity index (χ1n) is 13.6. The highest BCUT2D eigenvalue weighted by Gasteiger charge is 2.50. The Bertz CT molecular complexity index is 1380. The molecule has 0 radical (unpaired) electrons. The predicted octanol–water partition coefficient (Wildman–Crippen LogP) is 5.58. The Morgan fingerprint density at radius 2 is 1.71 bits per heavy atom. The number of amides is 1. The van der Waals surface area contributed by atoms with Crippen LogP contribution in [0.4, 0.5) is 5.69 Å². The third-order valence-electron chi connectivity index (χ3n) is 7.17. The van der Waals surface area contributed by atoms with Gasteiger partial charge in [0.2, 0.25) is 11.7 Å². The SMILES string of the molecule is COc1ccc(OCCCCN(C)CCOc2ccc3c(c2)OCO3)c(C2(OC)Sc3ccccc3N(C)C2=O)c1.Cl. The number of unbranched alkanes of at least 4 members (excludes halogenated alkanes) is 1. The van der Waals surface area contributed by atoms with Gasteiger partial charge in [-0.3, -0.25) is 4.79 Å². The molecule has 226 valence electrons. The van der Waals surface area contributed by atoms with Crippen molar-refractivity contribution in [2.75, 3.05) is 66.3 Å². The first-order valence-corrected chi connectivity index (χ1v) is 14.4. The molecule has 0 N–H and O–H groups in total. The van der Waals surface area contributed by atoms with Crippen LogP contribution in [0.1, 0.15) is 18.4 Å². The molecule has 9 nitrogen and oxygen atoms in total. The van der Waals surface area contributed by atoms with Gasteiger partial charge in [0.15, 0.2) is 11.5 Å². The Labute approximate surface area is 257 Å². The zero-order valence-corrected chi connectivity index (χ0v) is 25.9. The number of nitrogens with zero attached hydrogens (tertiary/aromatic N) is 2. The van der Waals surface area contributed by atoms with E-state index in [1.807, 2.05) is 60.7 Å². The molecule has 2 heterocycles. The number of halogens is 1. The number of anilines is 1. The number of hydrogen-bond donors (Lipinski definition) is 0. The van der Waals surface area contributed by atoms with Gasteiger partial charge in [-0.05, 0) is 68.9 Å². The van der Waals surface area contributed by atoms with E-state index >= 15 is 0 Å². The van der Waals surface area contributed by atoms with Crippen molar-refractivity contribution in [3.05, 3.63) is 66.2 Å². The number of benzene rings is 3. The summed E-state index contributed by atoms with van der Waals surface area (Å²) in [6.45, 7) is 3.03. The van der Waals surface area contributed by atoms with Crippen molar-refractivity contribution in [1.82, 2.24) is 4.90 Å². The zero-order valence-electron chi connectivity index (χ0n) is 24.3. The standard InChI is InChI=1S/C31H36N2O7S.ClH/c1-32(16-18-37-23-12-14-27-28(20-23)40-21-39-27)15-7-8-17-38-26-13-11-22(35-3)19-24(26)31(36-4)30(34)33(2)25-9-5-6-10-29(25)41-31;/h5-6,9-14,19-20H,7-8,15-18,21H2,1-4H3;1H. The first-order chi connectivity index (χ1) is 19.9. The summed E-state index contributed by atoms with van der Waals surface area (Å²) < 4.78 is 34.4. The van der Waals surface area contributed by atoms with E-state index in [2.05, 4.69) is 11.9 Å². The van der Waals surface area contributed by atoms with Crippen LogP contribution in [-0.4, -0.2) is 72.2 Å². The molecule has 11 heteroatoms. The molecule has 1 atom stereocenters. The van der Waals surface area contributed by atoms with Crippen LogP contribution in [0.15, 0.2) is 65.6 Å². The highest BCUT2D eigenvalue weighted by Crippen LogP contribution is 2.53. The van der Waals surface area contributed by atoms with Crippen molar-refractivity contribution >= 4 is 35.8 Å². The quantitative estimate of drug-likeness (QED) is 0.229. The molecule has 2 aliphatic heterocycles. The molecule has 0 bridgehead atoms. The van der Waals surface area contributed by atoms with Gasteiger partial charge in [-0.25, -0.2) is 0 Å². The van der Waals surface area contributed by atoms with Crippen LogP contribution in [0.3, 0.4) is 0 Å². The number of methoxy groups -OCH3 is 2. The number of thioether (sulfide) groups is 1. The molecule has 2 aliphatic rings. The van der Waals surface area contributed by atoms with Crippen molar-refractivity contribution in [2.45, 2.75) is 22.7 Å². The number of hydrogen-bond acceptors (Lipinski definition) is 9. The van der Waals surface area contributed by atoms with E-state index in [-0.39, 0.29) is 25.1 Å². The first kappa shape index (κ1) is 31.6.